The van der Waals surface area contributed by atoms with E-state index >= 15 is 0 Å². The van der Waals surface area contributed by atoms with Gasteiger partial charge in [0, 0.05) is 6.08 Å². The number of benzene rings is 1. The van der Waals surface area contributed by atoms with E-state index in [1.54, 1.807) is 18.2 Å². The lowest BCUT2D eigenvalue weighted by Crippen LogP contribution is -2.37. The standard InChI is InChI=1S/C15H20FNO2/c1-11(2)8-14(10-18)17-15(19)7-6-12-4-3-5-13(16)9-12/h3-7,9,11,14,18H,8,10H2,1-2H3,(H,17,19). The number of hydrogen-bond acceptors (Lipinski definition) is 2. The summed E-state index contributed by atoms with van der Waals surface area (Å²) in [6.07, 6.45) is 3.61. The molecule has 1 amide bonds. The SMILES string of the molecule is CC(C)CC(CO)NC(=O)C=Cc1cccc(F)c1. The van der Waals surface area contributed by atoms with Gasteiger partial charge in [-0.1, -0.05) is 26.0 Å². The van der Waals surface area contributed by atoms with Crippen LogP contribution in [0.1, 0.15) is 25.8 Å². The maximum absolute atomic E-state index is 12.9. The zero-order valence-corrected chi connectivity index (χ0v) is 11.3. The van der Waals surface area contributed by atoms with Crippen LogP contribution in [-0.4, -0.2) is 23.7 Å². The highest BCUT2D eigenvalue weighted by Gasteiger charge is 2.11. The second-order valence-corrected chi connectivity index (χ2v) is 4.91. The summed E-state index contributed by atoms with van der Waals surface area (Å²) < 4.78 is 12.9. The van der Waals surface area contributed by atoms with E-state index in [1.807, 2.05) is 13.8 Å². The van der Waals surface area contributed by atoms with Crippen molar-refractivity contribution in [1.82, 2.24) is 5.32 Å². The van der Waals surface area contributed by atoms with Crippen LogP contribution in [0.25, 0.3) is 6.08 Å². The van der Waals surface area contributed by atoms with E-state index in [0.29, 0.717) is 11.5 Å². The molecule has 0 radical (unpaired) electrons. The van der Waals surface area contributed by atoms with Gasteiger partial charge in [0.2, 0.25) is 5.91 Å². The molecule has 1 rings (SSSR count). The van der Waals surface area contributed by atoms with Gasteiger partial charge in [-0.3, -0.25) is 4.79 Å². The molecular weight excluding hydrogens is 245 g/mol. The van der Waals surface area contributed by atoms with E-state index in [2.05, 4.69) is 5.32 Å². The Kier molecular flexibility index (Phi) is 6.22. The Hall–Kier alpha value is -1.68. The first-order valence-corrected chi connectivity index (χ1v) is 6.36. The fraction of sp³-hybridized carbons (Fsp3) is 0.400. The molecule has 0 spiro atoms. The number of aliphatic hydroxyl groups is 1. The van der Waals surface area contributed by atoms with Crippen LogP contribution < -0.4 is 5.32 Å². The molecular formula is C15H20FNO2. The van der Waals surface area contributed by atoms with E-state index in [-0.39, 0.29) is 24.4 Å². The van der Waals surface area contributed by atoms with Crippen molar-refractivity contribution >= 4 is 12.0 Å². The van der Waals surface area contributed by atoms with Crippen LogP contribution in [0.15, 0.2) is 30.3 Å². The lowest BCUT2D eigenvalue weighted by molar-refractivity contribution is -0.117. The van der Waals surface area contributed by atoms with Gasteiger partial charge < -0.3 is 10.4 Å². The zero-order chi connectivity index (χ0) is 14.3. The van der Waals surface area contributed by atoms with Gasteiger partial charge in [0.25, 0.3) is 0 Å². The molecule has 3 nitrogen and oxygen atoms in total. The third-order valence-electron chi connectivity index (χ3n) is 2.60. The van der Waals surface area contributed by atoms with Crippen molar-refractivity contribution < 1.29 is 14.3 Å². The van der Waals surface area contributed by atoms with E-state index < -0.39 is 0 Å². The summed E-state index contributed by atoms with van der Waals surface area (Å²) in [5, 5.41) is 11.9. The number of rotatable bonds is 6. The summed E-state index contributed by atoms with van der Waals surface area (Å²) in [7, 11) is 0. The molecule has 0 saturated carbocycles. The minimum atomic E-state index is -0.337. The summed E-state index contributed by atoms with van der Waals surface area (Å²) in [6, 6.07) is 5.75. The molecule has 1 unspecified atom stereocenters. The van der Waals surface area contributed by atoms with Crippen LogP contribution in [0.2, 0.25) is 0 Å². The Labute approximate surface area is 113 Å². The van der Waals surface area contributed by atoms with Crippen molar-refractivity contribution in [2.24, 2.45) is 5.92 Å². The number of nitrogens with one attached hydrogen (secondary N) is 1. The lowest BCUT2D eigenvalue weighted by Gasteiger charge is -2.17. The minimum absolute atomic E-state index is 0.0856. The van der Waals surface area contributed by atoms with Gasteiger partial charge in [-0.15, -0.1) is 0 Å². The number of carbonyl (C=O) groups excluding carboxylic acids is 1. The normalized spacial score (nSPS) is 12.9. The minimum Gasteiger partial charge on any atom is -0.394 e. The number of amides is 1. The van der Waals surface area contributed by atoms with Crippen LogP contribution in [0, 0.1) is 11.7 Å². The fourth-order valence-corrected chi connectivity index (χ4v) is 1.78. The predicted octanol–water partition coefficient (Wildman–Crippen LogP) is 2.36. The second kappa shape index (κ2) is 7.69. The van der Waals surface area contributed by atoms with Crippen molar-refractivity contribution in [3.63, 3.8) is 0 Å². The molecule has 0 fully saturated rings. The van der Waals surface area contributed by atoms with Gasteiger partial charge >= 0.3 is 0 Å². The van der Waals surface area contributed by atoms with Crippen molar-refractivity contribution in [2.75, 3.05) is 6.61 Å². The molecule has 4 heteroatoms. The van der Waals surface area contributed by atoms with Crippen LogP contribution >= 0.6 is 0 Å². The van der Waals surface area contributed by atoms with Crippen molar-refractivity contribution in [3.8, 4) is 0 Å². The third-order valence-corrected chi connectivity index (χ3v) is 2.60. The van der Waals surface area contributed by atoms with Crippen molar-refractivity contribution in [2.45, 2.75) is 26.3 Å². The second-order valence-electron chi connectivity index (χ2n) is 4.91. The average molecular weight is 265 g/mol. The lowest BCUT2D eigenvalue weighted by atomic mass is 10.0. The van der Waals surface area contributed by atoms with Crippen LogP contribution in [-0.2, 0) is 4.79 Å². The molecule has 1 aromatic rings. The number of hydrogen-bond donors (Lipinski definition) is 2. The molecule has 2 N–H and O–H groups in total. The monoisotopic (exact) mass is 265 g/mol. The summed E-state index contributed by atoms with van der Waals surface area (Å²) in [4.78, 5) is 11.6. The molecule has 0 aliphatic rings. The Morgan fingerprint density at radius 2 is 2.21 bits per heavy atom. The van der Waals surface area contributed by atoms with Crippen molar-refractivity contribution in [1.29, 1.82) is 0 Å². The van der Waals surface area contributed by atoms with Gasteiger partial charge in [0.15, 0.2) is 0 Å². The molecule has 0 aromatic heterocycles. The average Bonchev–Trinajstić information content (AvgIpc) is 2.35. The van der Waals surface area contributed by atoms with Crippen LogP contribution in [0.5, 0.6) is 0 Å². The highest BCUT2D eigenvalue weighted by atomic mass is 19.1. The Morgan fingerprint density at radius 1 is 1.47 bits per heavy atom. The van der Waals surface area contributed by atoms with Gasteiger partial charge in [-0.05, 0) is 36.1 Å². The van der Waals surface area contributed by atoms with E-state index in [1.165, 1.54) is 18.2 Å². The molecule has 0 heterocycles. The molecule has 1 aromatic carbocycles. The van der Waals surface area contributed by atoms with Crippen molar-refractivity contribution in [3.05, 3.63) is 41.7 Å². The molecule has 0 aliphatic heterocycles. The van der Waals surface area contributed by atoms with E-state index in [0.717, 1.165) is 6.42 Å². The van der Waals surface area contributed by atoms with Gasteiger partial charge in [0.05, 0.1) is 12.6 Å². The quantitative estimate of drug-likeness (QED) is 0.776. The van der Waals surface area contributed by atoms with E-state index in [4.69, 9.17) is 5.11 Å². The fourth-order valence-electron chi connectivity index (χ4n) is 1.78. The smallest absolute Gasteiger partial charge is 0.244 e. The number of aliphatic hydroxyl groups excluding tert-OH is 1. The Morgan fingerprint density at radius 3 is 2.79 bits per heavy atom. The first kappa shape index (κ1) is 15.4. The highest BCUT2D eigenvalue weighted by Crippen LogP contribution is 2.06. The largest absolute Gasteiger partial charge is 0.394 e. The molecule has 19 heavy (non-hydrogen) atoms. The molecule has 0 saturated heterocycles. The van der Waals surface area contributed by atoms with Gasteiger partial charge in [-0.2, -0.15) is 0 Å². The predicted molar refractivity (Wildman–Crippen MR) is 73.9 cm³/mol. The summed E-state index contributed by atoms with van der Waals surface area (Å²) in [5.41, 5.74) is 0.625. The Balaban J connectivity index is 2.54. The highest BCUT2D eigenvalue weighted by molar-refractivity contribution is 5.91. The topological polar surface area (TPSA) is 49.3 Å². The third kappa shape index (κ3) is 6.15. The molecule has 1 atom stereocenters. The Bertz CT molecular complexity index is 444. The molecule has 0 bridgehead atoms. The molecule has 104 valence electrons. The zero-order valence-electron chi connectivity index (χ0n) is 11.3. The summed E-state index contributed by atoms with van der Waals surface area (Å²) in [5.74, 6) is -0.232. The first-order chi connectivity index (χ1) is 9.01. The van der Waals surface area contributed by atoms with Crippen LogP contribution in [0.4, 0.5) is 4.39 Å². The maximum atomic E-state index is 12.9. The van der Waals surface area contributed by atoms with E-state index in [9.17, 15) is 9.18 Å². The number of halogens is 1. The summed E-state index contributed by atoms with van der Waals surface area (Å²) >= 11 is 0. The summed E-state index contributed by atoms with van der Waals surface area (Å²) in [6.45, 7) is 3.96. The maximum Gasteiger partial charge on any atom is 0.244 e. The number of carbonyl (C=O) groups is 1. The first-order valence-electron chi connectivity index (χ1n) is 6.36. The molecule has 0 aliphatic carbocycles. The van der Waals surface area contributed by atoms with Gasteiger partial charge in [0.1, 0.15) is 5.82 Å². The van der Waals surface area contributed by atoms with Crippen LogP contribution in [0.3, 0.4) is 0 Å². The van der Waals surface area contributed by atoms with Gasteiger partial charge in [-0.25, -0.2) is 4.39 Å².